The first-order chi connectivity index (χ1) is 9.62. The van der Waals surface area contributed by atoms with E-state index in [1.807, 2.05) is 65.8 Å². The van der Waals surface area contributed by atoms with Crippen molar-refractivity contribution in [1.29, 1.82) is 0 Å². The summed E-state index contributed by atoms with van der Waals surface area (Å²) in [7, 11) is 0. The molecular weight excluding hydrogens is 268 g/mol. The van der Waals surface area contributed by atoms with Crippen molar-refractivity contribution in [3.05, 3.63) is 48.3 Å². The molecule has 0 bridgehead atoms. The molecule has 0 fully saturated rings. The van der Waals surface area contributed by atoms with Gasteiger partial charge in [0.05, 0.1) is 12.5 Å². The van der Waals surface area contributed by atoms with Gasteiger partial charge in [-0.15, -0.1) is 0 Å². The smallest absolute Gasteiger partial charge is 0.165 e. The zero-order chi connectivity index (χ0) is 15.7. The third-order valence-electron chi connectivity index (χ3n) is 3.23. The molecule has 0 unspecified atom stereocenters. The lowest BCUT2D eigenvalue weighted by Gasteiger charge is -2.39. The first-order valence-electron chi connectivity index (χ1n) is 7.11. The van der Waals surface area contributed by atoms with Gasteiger partial charge < -0.3 is 18.3 Å². The van der Waals surface area contributed by atoms with Gasteiger partial charge in [-0.05, 0) is 65.8 Å². The second-order valence-electron chi connectivity index (χ2n) is 6.58. The molecule has 0 spiro atoms. The van der Waals surface area contributed by atoms with Crippen LogP contribution >= 0.6 is 0 Å². The van der Waals surface area contributed by atoms with Crippen LogP contribution < -0.4 is 0 Å². The lowest BCUT2D eigenvalue weighted by molar-refractivity contribution is -0.310. The first kappa shape index (κ1) is 15.9. The van der Waals surface area contributed by atoms with Crippen LogP contribution in [0.2, 0.25) is 0 Å². The molecule has 116 valence electrons. The maximum absolute atomic E-state index is 6.15. The minimum Gasteiger partial charge on any atom is -0.466 e. The maximum Gasteiger partial charge on any atom is 0.165 e. The van der Waals surface area contributed by atoms with Crippen molar-refractivity contribution >= 4 is 0 Å². The summed E-state index contributed by atoms with van der Waals surface area (Å²) in [5, 5.41) is 0. The summed E-state index contributed by atoms with van der Waals surface area (Å²) >= 11 is 0. The Morgan fingerprint density at radius 1 is 0.714 bits per heavy atom. The van der Waals surface area contributed by atoms with E-state index in [0.717, 1.165) is 11.5 Å². The normalized spacial score (nSPS) is 13.6. The number of furan rings is 2. The molecule has 21 heavy (non-hydrogen) atoms. The van der Waals surface area contributed by atoms with Crippen molar-refractivity contribution in [2.24, 2.45) is 0 Å². The fourth-order valence-electron chi connectivity index (χ4n) is 2.59. The Morgan fingerprint density at radius 2 is 1.10 bits per heavy atom. The Hall–Kier alpha value is -1.52. The van der Waals surface area contributed by atoms with Crippen LogP contribution in [0.25, 0.3) is 0 Å². The average molecular weight is 292 g/mol. The molecule has 0 atom stereocenters. The highest BCUT2D eigenvalue weighted by Gasteiger charge is 2.38. The quantitative estimate of drug-likeness (QED) is 0.716. The van der Waals surface area contributed by atoms with Crippen LogP contribution in [0.3, 0.4) is 0 Å². The summed E-state index contributed by atoms with van der Waals surface area (Å²) in [6.45, 7) is 11.6. The van der Waals surface area contributed by atoms with Crippen molar-refractivity contribution in [3.63, 3.8) is 0 Å². The SMILES string of the molecule is CC(C)(OC(C)(C)c1ccco1)OC(C)(C)c1ccco1. The molecule has 2 rings (SSSR count). The molecule has 2 aromatic rings. The molecule has 2 aromatic heterocycles. The van der Waals surface area contributed by atoms with E-state index in [0.29, 0.717) is 0 Å². The Morgan fingerprint density at radius 3 is 1.38 bits per heavy atom. The van der Waals surface area contributed by atoms with Crippen molar-refractivity contribution in [2.45, 2.75) is 58.5 Å². The highest BCUT2D eigenvalue weighted by molar-refractivity contribution is 5.08. The second kappa shape index (κ2) is 5.35. The van der Waals surface area contributed by atoms with Crippen LogP contribution in [0, 0.1) is 0 Å². The highest BCUT2D eigenvalue weighted by atomic mass is 16.7. The molecule has 0 saturated carbocycles. The first-order valence-corrected chi connectivity index (χ1v) is 7.11. The van der Waals surface area contributed by atoms with E-state index < -0.39 is 17.0 Å². The highest BCUT2D eigenvalue weighted by Crippen LogP contribution is 2.36. The molecule has 0 aromatic carbocycles. The Kier molecular flexibility index (Phi) is 4.04. The number of hydrogen-bond donors (Lipinski definition) is 0. The molecule has 4 nitrogen and oxygen atoms in total. The average Bonchev–Trinajstić information content (AvgIpc) is 3.00. The van der Waals surface area contributed by atoms with Gasteiger partial charge in [0.2, 0.25) is 0 Å². The minimum absolute atomic E-state index is 0.591. The van der Waals surface area contributed by atoms with Crippen LogP contribution in [0.1, 0.15) is 53.1 Å². The lowest BCUT2D eigenvalue weighted by Crippen LogP contribution is -2.42. The predicted octanol–water partition coefficient (Wildman–Crippen LogP) is 4.81. The van der Waals surface area contributed by atoms with E-state index in [1.165, 1.54) is 0 Å². The van der Waals surface area contributed by atoms with Crippen LogP contribution in [0.15, 0.2) is 45.6 Å². The fraction of sp³-hybridized carbons (Fsp3) is 0.529. The summed E-state index contributed by atoms with van der Waals surface area (Å²) in [6.07, 6.45) is 3.28. The Balaban J connectivity index is 2.12. The molecule has 0 aliphatic heterocycles. The molecule has 0 aliphatic rings. The minimum atomic E-state index is -0.813. The van der Waals surface area contributed by atoms with E-state index in [-0.39, 0.29) is 0 Å². The van der Waals surface area contributed by atoms with Gasteiger partial charge in [-0.1, -0.05) is 0 Å². The summed E-state index contributed by atoms with van der Waals surface area (Å²) in [6, 6.07) is 7.49. The van der Waals surface area contributed by atoms with Gasteiger partial charge in [0.15, 0.2) is 5.79 Å². The van der Waals surface area contributed by atoms with Crippen molar-refractivity contribution in [1.82, 2.24) is 0 Å². The maximum atomic E-state index is 6.15. The van der Waals surface area contributed by atoms with Crippen LogP contribution in [0.5, 0.6) is 0 Å². The summed E-state index contributed by atoms with van der Waals surface area (Å²) in [5.74, 6) is 0.706. The van der Waals surface area contributed by atoms with Gasteiger partial charge in [0, 0.05) is 0 Å². The third kappa shape index (κ3) is 3.77. The van der Waals surface area contributed by atoms with E-state index in [1.54, 1.807) is 12.5 Å². The number of ether oxygens (including phenoxy) is 2. The molecule has 2 heterocycles. The van der Waals surface area contributed by atoms with Crippen LogP contribution in [-0.4, -0.2) is 5.79 Å². The van der Waals surface area contributed by atoms with E-state index in [9.17, 15) is 0 Å². The van der Waals surface area contributed by atoms with Gasteiger partial charge in [-0.3, -0.25) is 0 Å². The largest absolute Gasteiger partial charge is 0.466 e. The van der Waals surface area contributed by atoms with Crippen molar-refractivity contribution < 1.29 is 18.3 Å². The molecule has 0 amide bonds. The summed E-state index contributed by atoms with van der Waals surface area (Å²) < 4.78 is 23.2. The van der Waals surface area contributed by atoms with Gasteiger partial charge >= 0.3 is 0 Å². The third-order valence-corrected chi connectivity index (χ3v) is 3.23. The zero-order valence-electron chi connectivity index (χ0n) is 13.6. The van der Waals surface area contributed by atoms with Crippen molar-refractivity contribution in [3.8, 4) is 0 Å². The van der Waals surface area contributed by atoms with E-state index in [2.05, 4.69) is 0 Å². The monoisotopic (exact) mass is 292 g/mol. The van der Waals surface area contributed by atoms with Gasteiger partial charge in [-0.25, -0.2) is 0 Å². The van der Waals surface area contributed by atoms with Gasteiger partial charge in [-0.2, -0.15) is 0 Å². The number of hydrogen-bond acceptors (Lipinski definition) is 4. The fourth-order valence-corrected chi connectivity index (χ4v) is 2.59. The predicted molar refractivity (Wildman–Crippen MR) is 79.7 cm³/mol. The summed E-state index contributed by atoms with van der Waals surface area (Å²) in [5.41, 5.74) is -1.18. The molecule has 4 heteroatoms. The topological polar surface area (TPSA) is 44.7 Å². The van der Waals surface area contributed by atoms with Crippen LogP contribution in [0.4, 0.5) is 0 Å². The molecular formula is C17H24O4. The van der Waals surface area contributed by atoms with Gasteiger partial charge in [0.25, 0.3) is 0 Å². The molecule has 0 radical (unpaired) electrons. The Labute approximate surface area is 126 Å². The zero-order valence-corrected chi connectivity index (χ0v) is 13.6. The standard InChI is InChI=1S/C17H24O4/c1-15(2,13-9-7-11-18-13)20-17(5,6)21-16(3,4)14-10-8-12-19-14/h7-12H,1-6H3. The Bertz CT molecular complexity index is 497. The van der Waals surface area contributed by atoms with Crippen LogP contribution in [-0.2, 0) is 20.7 Å². The van der Waals surface area contributed by atoms with Crippen molar-refractivity contribution in [2.75, 3.05) is 0 Å². The van der Waals surface area contributed by atoms with Gasteiger partial charge in [0.1, 0.15) is 22.7 Å². The molecule has 0 N–H and O–H groups in total. The summed E-state index contributed by atoms with van der Waals surface area (Å²) in [4.78, 5) is 0. The van der Waals surface area contributed by atoms with E-state index >= 15 is 0 Å². The lowest BCUT2D eigenvalue weighted by atomic mass is 10.0. The molecule has 0 saturated heterocycles. The van der Waals surface area contributed by atoms with E-state index in [4.69, 9.17) is 18.3 Å². The molecule has 0 aliphatic carbocycles. The second-order valence-corrected chi connectivity index (χ2v) is 6.58. The number of rotatable bonds is 6.